The summed E-state index contributed by atoms with van der Waals surface area (Å²) < 4.78 is 5.87. The first kappa shape index (κ1) is 12.9. The van der Waals surface area contributed by atoms with Crippen LogP contribution < -0.4 is 15.8 Å². The highest BCUT2D eigenvalue weighted by Crippen LogP contribution is 2.18. The molecule has 2 unspecified atom stereocenters. The smallest absolute Gasteiger partial charge is 0.248 e. The van der Waals surface area contributed by atoms with Crippen LogP contribution in [0.15, 0.2) is 24.3 Å². The Morgan fingerprint density at radius 3 is 2.67 bits per heavy atom. The van der Waals surface area contributed by atoms with E-state index in [1.807, 2.05) is 0 Å². The molecule has 2 rings (SSSR count). The molecule has 3 N–H and O–H groups in total. The van der Waals surface area contributed by atoms with E-state index < -0.39 is 5.91 Å². The molecule has 4 nitrogen and oxygen atoms in total. The van der Waals surface area contributed by atoms with Crippen LogP contribution in [0.2, 0.25) is 0 Å². The summed E-state index contributed by atoms with van der Waals surface area (Å²) in [6.07, 6.45) is 3.79. The second-order valence-corrected chi connectivity index (χ2v) is 4.77. The van der Waals surface area contributed by atoms with Gasteiger partial charge in [-0.05, 0) is 50.6 Å². The molecule has 1 amide bonds. The largest absolute Gasteiger partial charge is 0.489 e. The minimum absolute atomic E-state index is 0.129. The summed E-state index contributed by atoms with van der Waals surface area (Å²) in [5.41, 5.74) is 5.70. The number of primary amides is 1. The van der Waals surface area contributed by atoms with Crippen LogP contribution in [-0.2, 0) is 0 Å². The minimum Gasteiger partial charge on any atom is -0.489 e. The quantitative estimate of drug-likeness (QED) is 0.852. The van der Waals surface area contributed by atoms with E-state index >= 15 is 0 Å². The molecule has 98 valence electrons. The van der Waals surface area contributed by atoms with Gasteiger partial charge in [-0.15, -0.1) is 0 Å². The molecule has 0 aromatic heterocycles. The van der Waals surface area contributed by atoms with Crippen molar-refractivity contribution in [3.8, 4) is 5.75 Å². The van der Waals surface area contributed by atoms with E-state index in [1.54, 1.807) is 24.3 Å². The van der Waals surface area contributed by atoms with Crippen molar-refractivity contribution in [3.05, 3.63) is 29.8 Å². The molecule has 1 saturated heterocycles. The van der Waals surface area contributed by atoms with Crippen molar-refractivity contribution < 1.29 is 9.53 Å². The van der Waals surface area contributed by atoms with Gasteiger partial charge < -0.3 is 15.8 Å². The van der Waals surface area contributed by atoms with E-state index in [0.717, 1.165) is 18.7 Å². The maximum Gasteiger partial charge on any atom is 0.248 e. The number of piperidine rings is 1. The number of nitrogens with two attached hydrogens (primary N) is 1. The zero-order valence-corrected chi connectivity index (χ0v) is 10.7. The van der Waals surface area contributed by atoms with Crippen LogP contribution in [-0.4, -0.2) is 24.6 Å². The van der Waals surface area contributed by atoms with Gasteiger partial charge in [-0.1, -0.05) is 6.42 Å². The van der Waals surface area contributed by atoms with E-state index in [-0.39, 0.29) is 6.10 Å². The van der Waals surface area contributed by atoms with Gasteiger partial charge in [0.2, 0.25) is 5.91 Å². The van der Waals surface area contributed by atoms with E-state index in [2.05, 4.69) is 12.2 Å². The van der Waals surface area contributed by atoms with Gasteiger partial charge in [0, 0.05) is 11.6 Å². The van der Waals surface area contributed by atoms with E-state index in [9.17, 15) is 4.79 Å². The molecule has 1 fully saturated rings. The van der Waals surface area contributed by atoms with E-state index in [4.69, 9.17) is 10.5 Å². The molecule has 1 aliphatic heterocycles. The normalized spacial score (nSPS) is 21.3. The summed E-state index contributed by atoms with van der Waals surface area (Å²) in [6, 6.07) is 7.38. The Morgan fingerprint density at radius 1 is 1.39 bits per heavy atom. The lowest BCUT2D eigenvalue weighted by molar-refractivity contribution is 0.1000. The summed E-state index contributed by atoms with van der Waals surface area (Å²) in [7, 11) is 0. The minimum atomic E-state index is -0.413. The maximum absolute atomic E-state index is 11.0. The molecule has 0 radical (unpaired) electrons. The predicted octanol–water partition coefficient (Wildman–Crippen LogP) is 1.69. The molecule has 4 heteroatoms. The molecule has 1 aromatic rings. The van der Waals surface area contributed by atoms with E-state index in [1.165, 1.54) is 12.8 Å². The van der Waals surface area contributed by atoms with Crippen molar-refractivity contribution >= 4 is 5.91 Å². The highest BCUT2D eigenvalue weighted by atomic mass is 16.5. The number of carbonyl (C=O) groups is 1. The Kier molecular flexibility index (Phi) is 4.20. The zero-order chi connectivity index (χ0) is 13.0. The summed E-state index contributed by atoms with van der Waals surface area (Å²) in [5, 5.41) is 3.47. The van der Waals surface area contributed by atoms with Crippen molar-refractivity contribution in [2.75, 3.05) is 6.54 Å². The van der Waals surface area contributed by atoms with Gasteiger partial charge in [0.15, 0.2) is 0 Å². The predicted molar refractivity (Wildman–Crippen MR) is 70.7 cm³/mol. The van der Waals surface area contributed by atoms with Gasteiger partial charge in [-0.3, -0.25) is 4.79 Å². The number of hydrogen-bond donors (Lipinski definition) is 2. The molecule has 0 bridgehead atoms. The summed E-state index contributed by atoms with van der Waals surface area (Å²) >= 11 is 0. The molecule has 18 heavy (non-hydrogen) atoms. The Morgan fingerprint density at radius 2 is 2.11 bits per heavy atom. The Hall–Kier alpha value is -1.55. The van der Waals surface area contributed by atoms with Crippen LogP contribution in [0.25, 0.3) is 0 Å². The monoisotopic (exact) mass is 248 g/mol. The van der Waals surface area contributed by atoms with Crippen LogP contribution in [0.3, 0.4) is 0 Å². The topological polar surface area (TPSA) is 64.3 Å². The van der Waals surface area contributed by atoms with Gasteiger partial charge in [0.25, 0.3) is 0 Å². The molecule has 1 aliphatic rings. The summed E-state index contributed by atoms with van der Waals surface area (Å²) in [5.74, 6) is 0.364. The maximum atomic E-state index is 11.0. The molecule has 2 atom stereocenters. The van der Waals surface area contributed by atoms with Crippen molar-refractivity contribution in [1.29, 1.82) is 0 Å². The fourth-order valence-electron chi connectivity index (χ4n) is 2.27. The fourth-order valence-corrected chi connectivity index (χ4v) is 2.27. The summed E-state index contributed by atoms with van der Waals surface area (Å²) in [4.78, 5) is 11.0. The molecule has 0 spiro atoms. The molecule has 1 heterocycles. The van der Waals surface area contributed by atoms with Crippen LogP contribution in [0.5, 0.6) is 5.75 Å². The highest BCUT2D eigenvalue weighted by molar-refractivity contribution is 5.92. The number of rotatable bonds is 4. The van der Waals surface area contributed by atoms with E-state index in [0.29, 0.717) is 11.6 Å². The standard InChI is InChI=1S/C14H20N2O2/c1-10(13-4-2-3-9-16-13)18-12-7-5-11(6-8-12)14(15)17/h5-8,10,13,16H,2-4,9H2,1H3,(H2,15,17). The highest BCUT2D eigenvalue weighted by Gasteiger charge is 2.20. The van der Waals surface area contributed by atoms with Gasteiger partial charge in [-0.25, -0.2) is 0 Å². The second-order valence-electron chi connectivity index (χ2n) is 4.77. The van der Waals surface area contributed by atoms with Crippen LogP contribution in [0.1, 0.15) is 36.5 Å². The Balaban J connectivity index is 1.93. The first-order chi connectivity index (χ1) is 8.66. The lowest BCUT2D eigenvalue weighted by Crippen LogP contribution is -2.44. The third kappa shape index (κ3) is 3.23. The average molecular weight is 248 g/mol. The molecular weight excluding hydrogens is 228 g/mol. The summed E-state index contributed by atoms with van der Waals surface area (Å²) in [6.45, 7) is 3.14. The molecule has 0 aliphatic carbocycles. The van der Waals surface area contributed by atoms with Crippen molar-refractivity contribution in [1.82, 2.24) is 5.32 Å². The Bertz CT molecular complexity index is 397. The van der Waals surface area contributed by atoms with Crippen LogP contribution >= 0.6 is 0 Å². The number of ether oxygens (including phenoxy) is 1. The first-order valence-electron chi connectivity index (χ1n) is 6.47. The van der Waals surface area contributed by atoms with Gasteiger partial charge >= 0.3 is 0 Å². The lowest BCUT2D eigenvalue weighted by Gasteiger charge is -2.29. The first-order valence-corrected chi connectivity index (χ1v) is 6.47. The SMILES string of the molecule is CC(Oc1ccc(C(N)=O)cc1)C1CCCCN1. The van der Waals surface area contributed by atoms with Crippen LogP contribution in [0.4, 0.5) is 0 Å². The third-order valence-corrected chi connectivity index (χ3v) is 3.38. The number of amides is 1. The third-order valence-electron chi connectivity index (χ3n) is 3.38. The Labute approximate surface area is 108 Å². The number of nitrogens with one attached hydrogen (secondary N) is 1. The van der Waals surface area contributed by atoms with Gasteiger partial charge in [0.1, 0.15) is 11.9 Å². The van der Waals surface area contributed by atoms with Crippen LogP contribution in [0, 0.1) is 0 Å². The fraction of sp³-hybridized carbons (Fsp3) is 0.500. The lowest BCUT2D eigenvalue weighted by atomic mass is 10.0. The van der Waals surface area contributed by atoms with Crippen molar-refractivity contribution in [2.45, 2.75) is 38.3 Å². The van der Waals surface area contributed by atoms with Crippen molar-refractivity contribution in [2.24, 2.45) is 5.73 Å². The molecule has 1 aromatic carbocycles. The number of carbonyl (C=O) groups excluding carboxylic acids is 1. The van der Waals surface area contributed by atoms with Gasteiger partial charge in [-0.2, -0.15) is 0 Å². The second kappa shape index (κ2) is 5.87. The number of hydrogen-bond acceptors (Lipinski definition) is 3. The zero-order valence-electron chi connectivity index (χ0n) is 10.7. The van der Waals surface area contributed by atoms with Gasteiger partial charge in [0.05, 0.1) is 0 Å². The molecular formula is C14H20N2O2. The van der Waals surface area contributed by atoms with Crippen molar-refractivity contribution in [3.63, 3.8) is 0 Å². The molecule has 0 saturated carbocycles. The number of benzene rings is 1. The average Bonchev–Trinajstić information content (AvgIpc) is 2.40.